The van der Waals surface area contributed by atoms with Crippen molar-refractivity contribution in [2.24, 2.45) is 17.2 Å². The van der Waals surface area contributed by atoms with E-state index < -0.39 is 0 Å². The number of unbranched alkanes of at least 4 members (excludes halogenated alkanes) is 15. The van der Waals surface area contributed by atoms with Crippen LogP contribution in [0.15, 0.2) is 0 Å². The van der Waals surface area contributed by atoms with Crippen molar-refractivity contribution in [3.05, 3.63) is 0 Å². The number of hydrogen-bond acceptors (Lipinski definition) is 4. The maximum Gasteiger partial charge on any atom is 0.0646 e. The lowest BCUT2D eigenvalue weighted by atomic mass is 9.89. The fourth-order valence-electron chi connectivity index (χ4n) is 4.11. The molecule has 0 aromatic carbocycles. The smallest absolute Gasteiger partial charge is 0.0646 e. The van der Waals surface area contributed by atoms with Crippen molar-refractivity contribution in [1.29, 1.82) is 0 Å². The molecule has 0 saturated carbocycles. The van der Waals surface area contributed by atoms with Crippen LogP contribution < -0.4 is 17.2 Å². The second-order valence-electron chi connectivity index (χ2n) is 9.15. The molecule has 0 heterocycles. The Kier molecular flexibility index (Phi) is 22.4. The number of hydrogen-bond donors (Lipinski definition) is 3. The Labute approximate surface area is 183 Å². The van der Waals surface area contributed by atoms with E-state index in [0.29, 0.717) is 26.3 Å². The average Bonchev–Trinajstić information content (AvgIpc) is 2.72. The van der Waals surface area contributed by atoms with Gasteiger partial charge in [-0.1, -0.05) is 110 Å². The van der Waals surface area contributed by atoms with Gasteiger partial charge in [0.25, 0.3) is 0 Å². The average molecular weight is 414 g/mol. The second-order valence-corrected chi connectivity index (χ2v) is 9.15. The minimum absolute atomic E-state index is 0.218. The molecule has 0 radical (unpaired) electrons. The summed E-state index contributed by atoms with van der Waals surface area (Å²) in [5, 5.41) is 0. The van der Waals surface area contributed by atoms with E-state index >= 15 is 0 Å². The zero-order chi connectivity index (χ0) is 21.5. The highest BCUT2D eigenvalue weighted by atomic mass is 16.5. The summed E-state index contributed by atoms with van der Waals surface area (Å²) in [6, 6.07) is 0. The molecule has 176 valence electrons. The van der Waals surface area contributed by atoms with Crippen LogP contribution in [0.3, 0.4) is 0 Å². The molecule has 0 fully saturated rings. The predicted molar refractivity (Wildman–Crippen MR) is 129 cm³/mol. The Balaban J connectivity index is 3.45. The fourth-order valence-corrected chi connectivity index (χ4v) is 4.11. The number of rotatable bonds is 24. The van der Waals surface area contributed by atoms with E-state index in [4.69, 9.17) is 21.9 Å². The van der Waals surface area contributed by atoms with E-state index in [-0.39, 0.29) is 5.54 Å². The van der Waals surface area contributed by atoms with Gasteiger partial charge in [0.1, 0.15) is 0 Å². The molecule has 0 aliphatic rings. The molecule has 0 aromatic rings. The molecule has 0 aliphatic carbocycles. The summed E-state index contributed by atoms with van der Waals surface area (Å²) in [5.41, 5.74) is 17.5. The van der Waals surface area contributed by atoms with Gasteiger partial charge in [0, 0.05) is 12.1 Å². The van der Waals surface area contributed by atoms with Gasteiger partial charge in [0.15, 0.2) is 0 Å². The van der Waals surface area contributed by atoms with Gasteiger partial charge in [-0.25, -0.2) is 0 Å². The Bertz CT molecular complexity index is 314. The van der Waals surface area contributed by atoms with E-state index in [0.717, 1.165) is 19.3 Å². The standard InChI is InChI=1S/C25H55N3O/c1-2-3-4-5-6-7-8-9-10-11-12-13-14-15-16-17-19-25(28,20-18-21-26)24-29-23-22-27/h2-24,26-28H2,1H3. The summed E-state index contributed by atoms with van der Waals surface area (Å²) in [6.45, 7) is 4.76. The minimum Gasteiger partial charge on any atom is -0.378 e. The maximum atomic E-state index is 6.56. The summed E-state index contributed by atoms with van der Waals surface area (Å²) in [5.74, 6) is 0. The van der Waals surface area contributed by atoms with Crippen LogP contribution in [0.1, 0.15) is 129 Å². The van der Waals surface area contributed by atoms with Crippen molar-refractivity contribution >= 4 is 0 Å². The largest absolute Gasteiger partial charge is 0.378 e. The third-order valence-electron chi connectivity index (χ3n) is 6.06. The van der Waals surface area contributed by atoms with Gasteiger partial charge < -0.3 is 21.9 Å². The Hall–Kier alpha value is -0.160. The van der Waals surface area contributed by atoms with E-state index in [2.05, 4.69) is 6.92 Å². The molecule has 0 spiro atoms. The highest BCUT2D eigenvalue weighted by Crippen LogP contribution is 2.20. The molecule has 0 saturated heterocycles. The highest BCUT2D eigenvalue weighted by Gasteiger charge is 2.24. The van der Waals surface area contributed by atoms with Crippen molar-refractivity contribution in [2.45, 2.75) is 134 Å². The van der Waals surface area contributed by atoms with Crippen LogP contribution in [0.2, 0.25) is 0 Å². The SMILES string of the molecule is CCCCCCCCCCCCCCCCCCC(N)(CCCN)COCCN. The van der Waals surface area contributed by atoms with Crippen molar-refractivity contribution in [3.8, 4) is 0 Å². The first-order valence-corrected chi connectivity index (χ1v) is 13.0. The molecule has 0 rings (SSSR count). The summed E-state index contributed by atoms with van der Waals surface area (Å²) >= 11 is 0. The molecule has 4 nitrogen and oxygen atoms in total. The first kappa shape index (κ1) is 28.8. The summed E-state index contributed by atoms with van der Waals surface area (Å²) < 4.78 is 5.63. The number of nitrogens with two attached hydrogens (primary N) is 3. The maximum absolute atomic E-state index is 6.56. The first-order valence-electron chi connectivity index (χ1n) is 13.0. The highest BCUT2D eigenvalue weighted by molar-refractivity contribution is 4.84. The molecule has 6 N–H and O–H groups in total. The lowest BCUT2D eigenvalue weighted by Gasteiger charge is -2.29. The van der Waals surface area contributed by atoms with Crippen molar-refractivity contribution in [3.63, 3.8) is 0 Å². The predicted octanol–water partition coefficient (Wildman–Crippen LogP) is 6.05. The van der Waals surface area contributed by atoms with Crippen molar-refractivity contribution in [1.82, 2.24) is 0 Å². The van der Waals surface area contributed by atoms with E-state index in [9.17, 15) is 0 Å². The lowest BCUT2D eigenvalue weighted by molar-refractivity contribution is 0.0802. The summed E-state index contributed by atoms with van der Waals surface area (Å²) in [6.07, 6.45) is 25.3. The van der Waals surface area contributed by atoms with Gasteiger partial charge in [0.05, 0.1) is 13.2 Å². The van der Waals surface area contributed by atoms with Crippen LogP contribution in [-0.4, -0.2) is 31.8 Å². The summed E-state index contributed by atoms with van der Waals surface area (Å²) in [4.78, 5) is 0. The minimum atomic E-state index is -0.218. The van der Waals surface area contributed by atoms with E-state index in [1.54, 1.807) is 0 Å². The van der Waals surface area contributed by atoms with Crippen molar-refractivity contribution < 1.29 is 4.74 Å². The Morgan fingerprint density at radius 2 is 0.966 bits per heavy atom. The number of ether oxygens (including phenoxy) is 1. The van der Waals surface area contributed by atoms with Crippen LogP contribution in [0.25, 0.3) is 0 Å². The van der Waals surface area contributed by atoms with Crippen molar-refractivity contribution in [2.75, 3.05) is 26.3 Å². The Morgan fingerprint density at radius 3 is 1.38 bits per heavy atom. The molecule has 1 unspecified atom stereocenters. The van der Waals surface area contributed by atoms with Gasteiger partial charge in [-0.15, -0.1) is 0 Å². The fraction of sp³-hybridized carbons (Fsp3) is 1.00. The zero-order valence-corrected chi connectivity index (χ0v) is 19.9. The molecule has 0 aliphatic heterocycles. The zero-order valence-electron chi connectivity index (χ0n) is 19.9. The van der Waals surface area contributed by atoms with Crippen LogP contribution in [0, 0.1) is 0 Å². The first-order chi connectivity index (χ1) is 14.2. The summed E-state index contributed by atoms with van der Waals surface area (Å²) in [7, 11) is 0. The van der Waals surface area contributed by atoms with Gasteiger partial charge in [-0.2, -0.15) is 0 Å². The molecule has 1 atom stereocenters. The van der Waals surface area contributed by atoms with Crippen LogP contribution in [-0.2, 0) is 4.74 Å². The van der Waals surface area contributed by atoms with Gasteiger partial charge in [-0.3, -0.25) is 0 Å². The van der Waals surface area contributed by atoms with Gasteiger partial charge in [0.2, 0.25) is 0 Å². The normalized spacial score (nSPS) is 13.7. The van der Waals surface area contributed by atoms with Gasteiger partial charge in [-0.05, 0) is 25.8 Å². The topological polar surface area (TPSA) is 87.3 Å². The molecule has 0 bridgehead atoms. The van der Waals surface area contributed by atoms with Crippen LogP contribution in [0.5, 0.6) is 0 Å². The van der Waals surface area contributed by atoms with E-state index in [1.807, 2.05) is 0 Å². The molecule has 29 heavy (non-hydrogen) atoms. The van der Waals surface area contributed by atoms with Gasteiger partial charge >= 0.3 is 0 Å². The van der Waals surface area contributed by atoms with Crippen LogP contribution in [0.4, 0.5) is 0 Å². The van der Waals surface area contributed by atoms with Crippen LogP contribution >= 0.6 is 0 Å². The quantitative estimate of drug-likeness (QED) is 0.168. The lowest BCUT2D eigenvalue weighted by Crippen LogP contribution is -2.45. The third kappa shape index (κ3) is 20.9. The monoisotopic (exact) mass is 413 g/mol. The molecular weight excluding hydrogens is 358 g/mol. The molecule has 4 heteroatoms. The molecule has 0 aromatic heterocycles. The van der Waals surface area contributed by atoms with E-state index in [1.165, 1.54) is 103 Å². The second kappa shape index (κ2) is 22.5. The molecular formula is C25H55N3O. The third-order valence-corrected chi connectivity index (χ3v) is 6.06. The molecule has 0 amide bonds. The Morgan fingerprint density at radius 1 is 0.552 bits per heavy atom.